The minimum Gasteiger partial charge on any atom is -0.383 e. The normalized spacial score (nSPS) is 17.0. The van der Waals surface area contributed by atoms with Crippen LogP contribution in [0.2, 0.25) is 10.0 Å². The predicted molar refractivity (Wildman–Crippen MR) is 157 cm³/mol. The number of benzene rings is 3. The summed E-state index contributed by atoms with van der Waals surface area (Å²) in [6.07, 6.45) is 2.89. The maximum atomic E-state index is 13.4. The second-order valence-electron chi connectivity index (χ2n) is 9.89. The molecule has 0 amide bonds. The quantitative estimate of drug-likeness (QED) is 0.212. The van der Waals surface area contributed by atoms with Crippen molar-refractivity contribution >= 4 is 28.9 Å². The van der Waals surface area contributed by atoms with Crippen molar-refractivity contribution in [3.05, 3.63) is 121 Å². The van der Waals surface area contributed by atoms with Crippen molar-refractivity contribution in [2.75, 3.05) is 13.7 Å². The minimum absolute atomic E-state index is 0.184. The van der Waals surface area contributed by atoms with Crippen molar-refractivity contribution in [3.63, 3.8) is 0 Å². The molecule has 0 radical (unpaired) electrons. The summed E-state index contributed by atoms with van der Waals surface area (Å²) in [7, 11) is 1.63. The summed E-state index contributed by atoms with van der Waals surface area (Å²) < 4.78 is 8.46. The number of aryl methyl sites for hydroxylation is 1. The second kappa shape index (κ2) is 11.9. The summed E-state index contributed by atoms with van der Waals surface area (Å²) in [4.78, 5) is 18.6. The van der Waals surface area contributed by atoms with Gasteiger partial charge in [0.15, 0.2) is 5.82 Å². The molecule has 0 N–H and O–H groups in total. The monoisotopic (exact) mass is 562 g/mol. The van der Waals surface area contributed by atoms with Crippen molar-refractivity contribution in [1.82, 2.24) is 14.3 Å². The molecule has 1 heterocycles. The Morgan fingerprint density at radius 3 is 2.41 bits per heavy atom. The van der Waals surface area contributed by atoms with Crippen LogP contribution in [0.3, 0.4) is 0 Å². The lowest BCUT2D eigenvalue weighted by atomic mass is 9.72. The molecule has 0 unspecified atom stereocenters. The van der Waals surface area contributed by atoms with Gasteiger partial charge in [0.2, 0.25) is 0 Å². The number of aromatic nitrogens is 3. The highest BCUT2D eigenvalue weighted by Crippen LogP contribution is 2.44. The molecule has 39 heavy (non-hydrogen) atoms. The first kappa shape index (κ1) is 27.4. The molecule has 0 saturated heterocycles. The molecule has 4 aromatic rings. The van der Waals surface area contributed by atoms with E-state index in [2.05, 4.69) is 31.2 Å². The van der Waals surface area contributed by atoms with Crippen LogP contribution in [-0.4, -0.2) is 33.8 Å². The Morgan fingerprint density at radius 1 is 1.03 bits per heavy atom. The van der Waals surface area contributed by atoms with E-state index in [1.807, 2.05) is 48.5 Å². The number of hydrogen-bond acceptors (Lipinski definition) is 4. The van der Waals surface area contributed by atoms with Crippen LogP contribution in [-0.2, 0) is 36.2 Å². The van der Waals surface area contributed by atoms with E-state index in [1.165, 1.54) is 15.8 Å². The molecule has 6 nitrogen and oxygen atoms in total. The average molecular weight is 564 g/mol. The van der Waals surface area contributed by atoms with E-state index in [0.717, 1.165) is 36.1 Å². The molecule has 1 aliphatic carbocycles. The van der Waals surface area contributed by atoms with E-state index in [1.54, 1.807) is 11.7 Å². The number of nitrogens with zero attached hydrogens (tertiary/aromatic N) is 4. The van der Waals surface area contributed by atoms with Crippen LogP contribution >= 0.6 is 23.2 Å². The summed E-state index contributed by atoms with van der Waals surface area (Å²) in [5.74, 6) is 0.606. The standard InChI is InChI=1S/C31H32Cl2N4O2/c1-3-31(17-16-23-6-4-5-7-27(23)31)29(24-10-14-26(33)15-11-24)34-20-28-35-37(30(38)36(28)18-19-39-2)21-22-8-12-25(32)13-9-22/h4-15H,3,16-21H2,1-2H3/b34-29-/t31-/m1/s1. The number of fused-ring (bicyclic) bond motifs is 1. The number of hydrogen-bond donors (Lipinski definition) is 0. The molecular formula is C31H32Cl2N4O2. The Kier molecular flexibility index (Phi) is 8.36. The van der Waals surface area contributed by atoms with Crippen LogP contribution in [0.5, 0.6) is 0 Å². The second-order valence-corrected chi connectivity index (χ2v) is 10.8. The third-order valence-electron chi connectivity index (χ3n) is 7.67. The van der Waals surface area contributed by atoms with Gasteiger partial charge >= 0.3 is 5.69 Å². The van der Waals surface area contributed by atoms with Gasteiger partial charge in [0, 0.05) is 22.6 Å². The molecule has 202 valence electrons. The minimum atomic E-state index is -0.228. The summed E-state index contributed by atoms with van der Waals surface area (Å²) in [5, 5.41) is 6.07. The number of rotatable bonds is 10. The van der Waals surface area contributed by atoms with Gasteiger partial charge in [0.05, 0.1) is 32.0 Å². The Morgan fingerprint density at radius 2 is 1.72 bits per heavy atom. The van der Waals surface area contributed by atoms with Gasteiger partial charge in [0.1, 0.15) is 0 Å². The number of aliphatic imine (C=N–C) groups is 1. The lowest BCUT2D eigenvalue weighted by Crippen LogP contribution is -2.34. The molecule has 1 atom stereocenters. The van der Waals surface area contributed by atoms with Gasteiger partial charge in [-0.05, 0) is 65.8 Å². The van der Waals surface area contributed by atoms with Crippen molar-refractivity contribution < 1.29 is 4.74 Å². The SMILES string of the molecule is CC[C@@]1(/C(=N\Cc2nn(Cc3ccc(Cl)cc3)c(=O)n2CCOC)c2ccc(Cl)cc2)CCc2ccccc21. The van der Waals surface area contributed by atoms with Gasteiger partial charge in [-0.15, -0.1) is 0 Å². The van der Waals surface area contributed by atoms with Crippen LogP contribution in [0.15, 0.2) is 82.6 Å². The molecule has 0 spiro atoms. The van der Waals surface area contributed by atoms with Crippen LogP contribution in [0, 0.1) is 0 Å². The van der Waals surface area contributed by atoms with E-state index in [9.17, 15) is 4.79 Å². The maximum Gasteiger partial charge on any atom is 0.346 e. The Bertz CT molecular complexity index is 1520. The fraction of sp³-hybridized carbons (Fsp3) is 0.323. The third-order valence-corrected chi connectivity index (χ3v) is 8.18. The molecule has 5 rings (SSSR count). The van der Waals surface area contributed by atoms with E-state index in [4.69, 9.17) is 38.0 Å². The molecular weight excluding hydrogens is 531 g/mol. The highest BCUT2D eigenvalue weighted by molar-refractivity contribution is 6.31. The fourth-order valence-electron chi connectivity index (χ4n) is 5.62. The fourth-order valence-corrected chi connectivity index (χ4v) is 5.87. The van der Waals surface area contributed by atoms with Gasteiger partial charge < -0.3 is 4.74 Å². The smallest absolute Gasteiger partial charge is 0.346 e. The van der Waals surface area contributed by atoms with E-state index in [-0.39, 0.29) is 17.6 Å². The molecule has 8 heteroatoms. The zero-order valence-electron chi connectivity index (χ0n) is 22.2. The summed E-state index contributed by atoms with van der Waals surface area (Å²) in [6.45, 7) is 3.65. The number of methoxy groups -OCH3 is 1. The third kappa shape index (κ3) is 5.60. The van der Waals surface area contributed by atoms with Crippen molar-refractivity contribution in [2.45, 2.75) is 51.2 Å². The summed E-state index contributed by atoms with van der Waals surface area (Å²) in [5.41, 5.74) is 5.26. The molecule has 3 aromatic carbocycles. The van der Waals surface area contributed by atoms with Gasteiger partial charge in [-0.3, -0.25) is 9.56 Å². The summed E-state index contributed by atoms with van der Waals surface area (Å²) in [6, 6.07) is 24.0. The van der Waals surface area contributed by atoms with Crippen molar-refractivity contribution in [2.24, 2.45) is 4.99 Å². The lowest BCUT2D eigenvalue weighted by Gasteiger charge is -2.32. The zero-order chi connectivity index (χ0) is 27.4. The van der Waals surface area contributed by atoms with Crippen LogP contribution in [0.4, 0.5) is 0 Å². The van der Waals surface area contributed by atoms with Crippen LogP contribution in [0.1, 0.15) is 47.8 Å². The average Bonchev–Trinajstić information content (AvgIpc) is 3.47. The van der Waals surface area contributed by atoms with Gasteiger partial charge in [0.25, 0.3) is 0 Å². The highest BCUT2D eigenvalue weighted by atomic mass is 35.5. The first-order chi connectivity index (χ1) is 18.9. The maximum absolute atomic E-state index is 13.4. The van der Waals surface area contributed by atoms with E-state index >= 15 is 0 Å². The lowest BCUT2D eigenvalue weighted by molar-refractivity contribution is 0.185. The number of ether oxygens (including phenoxy) is 1. The molecule has 0 saturated carbocycles. The van der Waals surface area contributed by atoms with Gasteiger partial charge in [-0.1, -0.05) is 78.7 Å². The van der Waals surface area contributed by atoms with Crippen LogP contribution in [0.25, 0.3) is 0 Å². The van der Waals surface area contributed by atoms with Crippen molar-refractivity contribution in [3.8, 4) is 0 Å². The molecule has 1 aliphatic rings. The van der Waals surface area contributed by atoms with E-state index < -0.39 is 0 Å². The Hall–Kier alpha value is -3.19. The Balaban J connectivity index is 1.57. The first-order valence-electron chi connectivity index (χ1n) is 13.2. The van der Waals surface area contributed by atoms with Gasteiger partial charge in [-0.25, -0.2) is 9.48 Å². The molecule has 0 fully saturated rings. The van der Waals surface area contributed by atoms with Gasteiger partial charge in [-0.2, -0.15) is 5.10 Å². The predicted octanol–water partition coefficient (Wildman–Crippen LogP) is 6.33. The molecule has 0 bridgehead atoms. The molecule has 1 aromatic heterocycles. The zero-order valence-corrected chi connectivity index (χ0v) is 23.8. The van der Waals surface area contributed by atoms with Crippen molar-refractivity contribution in [1.29, 1.82) is 0 Å². The highest BCUT2D eigenvalue weighted by Gasteiger charge is 2.42. The first-order valence-corrected chi connectivity index (χ1v) is 14.0. The van der Waals surface area contributed by atoms with E-state index in [0.29, 0.717) is 35.6 Å². The topological polar surface area (TPSA) is 61.4 Å². The Labute approximate surface area is 238 Å². The largest absolute Gasteiger partial charge is 0.383 e. The summed E-state index contributed by atoms with van der Waals surface area (Å²) >= 11 is 12.3. The van der Waals surface area contributed by atoms with Crippen LogP contribution < -0.4 is 5.69 Å². The number of halogens is 2. The molecule has 0 aliphatic heterocycles.